The average molecular weight is 180 g/mol. The van der Waals surface area contributed by atoms with E-state index in [0.717, 1.165) is 0 Å². The summed E-state index contributed by atoms with van der Waals surface area (Å²) in [7, 11) is 0. The van der Waals surface area contributed by atoms with Gasteiger partial charge in [0.2, 0.25) is 0 Å². The van der Waals surface area contributed by atoms with Crippen LogP contribution < -0.4 is 0 Å². The molecule has 56 valence electrons. The Morgan fingerprint density at radius 2 is 2.22 bits per heavy atom. The summed E-state index contributed by atoms with van der Waals surface area (Å²) in [5.74, 6) is 0. The lowest BCUT2D eigenvalue weighted by Gasteiger charge is -2.08. The van der Waals surface area contributed by atoms with Crippen molar-refractivity contribution in [1.82, 2.24) is 0 Å². The van der Waals surface area contributed by atoms with Gasteiger partial charge in [-0.25, -0.2) is 4.21 Å². The van der Waals surface area contributed by atoms with Crippen molar-refractivity contribution in [3.8, 4) is 0 Å². The zero-order chi connectivity index (χ0) is 7.49. The minimum Gasteiger partial charge on any atom is -0.750 e. The number of halogens is 3. The summed E-state index contributed by atoms with van der Waals surface area (Å²) in [5.41, 5.74) is 0. The maximum atomic E-state index is 11.4. The van der Waals surface area contributed by atoms with E-state index in [1.165, 1.54) is 0 Å². The standard InChI is InChI=1S/C2H3ClF2O3S/c3-2(4,5)1-8-9(6)7/h1H2,(H,6,7)/p-1. The molecule has 0 radical (unpaired) electrons. The topological polar surface area (TPSA) is 49.4 Å². The molecule has 9 heavy (non-hydrogen) atoms. The Bertz CT molecular complexity index is 113. The van der Waals surface area contributed by atoms with Crippen molar-refractivity contribution in [2.75, 3.05) is 6.61 Å². The maximum Gasteiger partial charge on any atom is 0.345 e. The zero-order valence-corrected chi connectivity index (χ0v) is 5.55. The summed E-state index contributed by atoms with van der Waals surface area (Å²) in [6.07, 6.45) is 0. The third-order valence-electron chi connectivity index (χ3n) is 0.319. The molecule has 0 saturated carbocycles. The average Bonchev–Trinajstić information content (AvgIpc) is 1.59. The maximum absolute atomic E-state index is 11.4. The van der Waals surface area contributed by atoms with Crippen LogP contribution in [0, 0.1) is 0 Å². The van der Waals surface area contributed by atoms with Crippen LogP contribution in [0.1, 0.15) is 0 Å². The van der Waals surface area contributed by atoms with E-state index in [0.29, 0.717) is 0 Å². The van der Waals surface area contributed by atoms with Gasteiger partial charge in [0.1, 0.15) is 6.61 Å². The van der Waals surface area contributed by atoms with Gasteiger partial charge in [0.15, 0.2) is 0 Å². The quantitative estimate of drug-likeness (QED) is 0.472. The summed E-state index contributed by atoms with van der Waals surface area (Å²) < 4.78 is 45.2. The molecule has 0 heterocycles. The molecule has 0 fully saturated rings. The van der Waals surface area contributed by atoms with Crippen LogP contribution in [0.2, 0.25) is 0 Å². The van der Waals surface area contributed by atoms with E-state index < -0.39 is 23.3 Å². The van der Waals surface area contributed by atoms with Gasteiger partial charge in [-0.3, -0.25) is 4.18 Å². The van der Waals surface area contributed by atoms with E-state index in [-0.39, 0.29) is 0 Å². The SMILES string of the molecule is O=S([O-])OCC(F)(F)Cl. The Morgan fingerprint density at radius 1 is 1.78 bits per heavy atom. The highest BCUT2D eigenvalue weighted by atomic mass is 35.5. The van der Waals surface area contributed by atoms with Gasteiger partial charge in [0.25, 0.3) is 0 Å². The molecule has 0 aromatic carbocycles. The lowest BCUT2D eigenvalue weighted by molar-refractivity contribution is 0.0406. The number of hydrogen-bond donors (Lipinski definition) is 0. The van der Waals surface area contributed by atoms with Gasteiger partial charge < -0.3 is 4.55 Å². The molecule has 0 amide bonds. The predicted octanol–water partition coefficient (Wildman–Crippen LogP) is 0.629. The molecule has 0 aromatic heterocycles. The summed E-state index contributed by atoms with van der Waals surface area (Å²) in [6, 6.07) is 0. The van der Waals surface area contributed by atoms with Crippen molar-refractivity contribution in [1.29, 1.82) is 0 Å². The molecule has 3 nitrogen and oxygen atoms in total. The molecule has 0 bridgehead atoms. The first-order valence-electron chi connectivity index (χ1n) is 1.71. The fourth-order valence-corrected chi connectivity index (χ4v) is 0.478. The van der Waals surface area contributed by atoms with E-state index in [9.17, 15) is 17.5 Å². The molecular formula is C2H2ClF2O3S-. The lowest BCUT2D eigenvalue weighted by Crippen LogP contribution is -2.16. The van der Waals surface area contributed by atoms with E-state index in [4.69, 9.17) is 0 Å². The van der Waals surface area contributed by atoms with Crippen LogP contribution in [0.4, 0.5) is 8.78 Å². The highest BCUT2D eigenvalue weighted by Crippen LogP contribution is 2.18. The Kier molecular flexibility index (Phi) is 3.49. The van der Waals surface area contributed by atoms with Crippen LogP contribution in [-0.2, 0) is 15.5 Å². The Morgan fingerprint density at radius 3 is 2.33 bits per heavy atom. The molecule has 1 atom stereocenters. The second-order valence-corrected chi connectivity index (χ2v) is 2.28. The van der Waals surface area contributed by atoms with Gasteiger partial charge in [-0.05, 0) is 11.6 Å². The minimum atomic E-state index is -3.61. The number of hydrogen-bond acceptors (Lipinski definition) is 3. The fourth-order valence-electron chi connectivity index (χ4n) is 0.115. The van der Waals surface area contributed by atoms with Crippen LogP contribution in [0.5, 0.6) is 0 Å². The lowest BCUT2D eigenvalue weighted by atomic mass is 10.8. The Labute approximate surface area is 57.4 Å². The van der Waals surface area contributed by atoms with Gasteiger partial charge >= 0.3 is 5.38 Å². The van der Waals surface area contributed by atoms with Gasteiger partial charge in [0.05, 0.1) is 11.4 Å². The molecule has 7 heteroatoms. The van der Waals surface area contributed by atoms with Gasteiger partial charge in [0, 0.05) is 0 Å². The van der Waals surface area contributed by atoms with E-state index >= 15 is 0 Å². The molecule has 0 rings (SSSR count). The van der Waals surface area contributed by atoms with Gasteiger partial charge in [-0.1, -0.05) is 0 Å². The molecule has 1 unspecified atom stereocenters. The highest BCUT2D eigenvalue weighted by Gasteiger charge is 2.24. The molecule has 0 saturated heterocycles. The van der Waals surface area contributed by atoms with Gasteiger partial charge in [-0.15, -0.1) is 0 Å². The minimum absolute atomic E-state index is 1.33. The van der Waals surface area contributed by atoms with Crippen LogP contribution in [0.15, 0.2) is 0 Å². The zero-order valence-electron chi connectivity index (χ0n) is 3.97. The first-order chi connectivity index (χ1) is 3.92. The highest BCUT2D eigenvalue weighted by molar-refractivity contribution is 7.74. The van der Waals surface area contributed by atoms with Gasteiger partial charge in [-0.2, -0.15) is 8.78 Å². The van der Waals surface area contributed by atoms with Crippen LogP contribution in [0.25, 0.3) is 0 Å². The fraction of sp³-hybridized carbons (Fsp3) is 1.00. The third-order valence-corrected chi connectivity index (χ3v) is 0.738. The van der Waals surface area contributed by atoms with Crippen molar-refractivity contribution in [2.24, 2.45) is 0 Å². The normalized spacial score (nSPS) is 15.6. The molecule has 0 aliphatic carbocycles. The smallest absolute Gasteiger partial charge is 0.345 e. The first kappa shape index (κ1) is 9.22. The molecule has 0 aromatic rings. The Balaban J connectivity index is 3.39. The van der Waals surface area contributed by atoms with Crippen molar-refractivity contribution in [3.63, 3.8) is 0 Å². The molecular weight excluding hydrogens is 178 g/mol. The molecule has 0 aliphatic rings. The number of alkyl halides is 3. The largest absolute Gasteiger partial charge is 0.750 e. The first-order valence-corrected chi connectivity index (χ1v) is 3.09. The summed E-state index contributed by atoms with van der Waals surface area (Å²) in [5, 5.41) is -3.61. The van der Waals surface area contributed by atoms with Crippen LogP contribution >= 0.6 is 11.6 Å². The summed E-state index contributed by atoms with van der Waals surface area (Å²) in [4.78, 5) is 0. The van der Waals surface area contributed by atoms with Crippen molar-refractivity contribution in [2.45, 2.75) is 5.38 Å². The van der Waals surface area contributed by atoms with E-state index in [1.54, 1.807) is 0 Å². The Hall–Kier alpha value is 0.220. The van der Waals surface area contributed by atoms with E-state index in [2.05, 4.69) is 15.8 Å². The second kappa shape index (κ2) is 3.40. The number of rotatable bonds is 3. The summed E-state index contributed by atoms with van der Waals surface area (Å²) in [6.45, 7) is -1.33. The van der Waals surface area contributed by atoms with Crippen LogP contribution in [-0.4, -0.2) is 20.8 Å². The van der Waals surface area contributed by atoms with E-state index in [1.807, 2.05) is 0 Å². The predicted molar refractivity (Wildman–Crippen MR) is 25.7 cm³/mol. The second-order valence-electron chi connectivity index (χ2n) is 1.08. The van der Waals surface area contributed by atoms with Crippen molar-refractivity contribution in [3.05, 3.63) is 0 Å². The summed E-state index contributed by atoms with van der Waals surface area (Å²) >= 11 is 1.32. The molecule has 0 N–H and O–H groups in total. The molecule has 0 spiro atoms. The van der Waals surface area contributed by atoms with Crippen LogP contribution in [0.3, 0.4) is 0 Å². The van der Waals surface area contributed by atoms with Crippen molar-refractivity contribution >= 4 is 23.0 Å². The third kappa shape index (κ3) is 8.22. The monoisotopic (exact) mass is 179 g/mol. The van der Waals surface area contributed by atoms with Crippen molar-refractivity contribution < 1.29 is 21.7 Å². The molecule has 0 aliphatic heterocycles.